The van der Waals surface area contributed by atoms with Crippen LogP contribution in [0.4, 0.5) is 11.4 Å². The summed E-state index contributed by atoms with van der Waals surface area (Å²) < 4.78 is 3.04. The second-order valence-corrected chi connectivity index (χ2v) is 9.92. The van der Waals surface area contributed by atoms with Crippen molar-refractivity contribution in [3.63, 3.8) is 0 Å². The zero-order valence-electron chi connectivity index (χ0n) is 19.2. The number of carbonyl (C=O) groups excluding carboxylic acids is 3. The molecule has 7 nitrogen and oxygen atoms in total. The quantitative estimate of drug-likeness (QED) is 0.250. The van der Waals surface area contributed by atoms with Gasteiger partial charge in [-0.2, -0.15) is 0 Å². The zero-order valence-corrected chi connectivity index (χ0v) is 22.4. The maximum atomic E-state index is 13.3. The molecule has 0 aliphatic carbocycles. The number of aromatic nitrogens is 1. The summed E-state index contributed by atoms with van der Waals surface area (Å²) in [5.74, 6) is -2.18. The Morgan fingerprint density at radius 2 is 1.49 bits per heavy atom. The fraction of sp³-hybridized carbons (Fsp3) is 0.115. The molecular weight excluding hydrogens is 576 g/mol. The minimum absolute atomic E-state index is 0.182. The lowest BCUT2D eigenvalue weighted by molar-refractivity contribution is -0.133. The number of amides is 3. The number of hydrogen-bond acceptors (Lipinski definition) is 3. The van der Waals surface area contributed by atoms with Gasteiger partial charge in [0, 0.05) is 25.7 Å². The van der Waals surface area contributed by atoms with E-state index >= 15 is 0 Å². The number of nitrogens with one attached hydrogen (secondary N) is 3. The van der Waals surface area contributed by atoms with Gasteiger partial charge in [-0.05, 0) is 79.9 Å². The third-order valence-electron chi connectivity index (χ3n) is 5.55. The molecule has 0 atom stereocenters. The number of rotatable bonds is 4. The maximum absolute atomic E-state index is 13.3. The first-order valence-corrected chi connectivity index (χ1v) is 12.3. The Hall–Kier alpha value is -3.43. The molecule has 3 aromatic carbocycles. The molecule has 0 unspecified atom stereocenters. The molecule has 3 N–H and O–H groups in total. The van der Waals surface area contributed by atoms with Crippen molar-refractivity contribution in [3.8, 4) is 0 Å². The van der Waals surface area contributed by atoms with E-state index in [1.165, 1.54) is 4.68 Å². The normalized spacial score (nSPS) is 10.8. The lowest BCUT2D eigenvalue weighted by atomic mass is 10.1. The monoisotopic (exact) mass is 596 g/mol. The van der Waals surface area contributed by atoms with Crippen LogP contribution in [-0.2, 0) is 9.59 Å². The third-order valence-corrected chi connectivity index (χ3v) is 6.93. The Morgan fingerprint density at radius 3 is 2.17 bits per heavy atom. The maximum Gasteiger partial charge on any atom is 0.328 e. The number of benzene rings is 3. The van der Waals surface area contributed by atoms with Crippen LogP contribution in [0.5, 0.6) is 0 Å². The number of aryl methyl sites for hydroxylation is 3. The topological polar surface area (TPSA) is 92.2 Å². The largest absolute Gasteiger partial charge is 0.328 e. The van der Waals surface area contributed by atoms with Crippen LogP contribution in [0.25, 0.3) is 10.9 Å². The molecule has 0 fully saturated rings. The van der Waals surface area contributed by atoms with Crippen LogP contribution < -0.4 is 16.1 Å². The van der Waals surface area contributed by atoms with Gasteiger partial charge in [0.05, 0.1) is 5.52 Å². The lowest BCUT2D eigenvalue weighted by Gasteiger charge is -2.15. The van der Waals surface area contributed by atoms with E-state index in [4.69, 9.17) is 0 Å². The van der Waals surface area contributed by atoms with Crippen LogP contribution in [0.2, 0.25) is 0 Å². The second kappa shape index (κ2) is 10.1. The van der Waals surface area contributed by atoms with Crippen LogP contribution in [0, 0.1) is 20.8 Å². The summed E-state index contributed by atoms with van der Waals surface area (Å²) in [6, 6.07) is 18.0. The Kier molecular flexibility index (Phi) is 7.09. The average molecular weight is 598 g/mol. The van der Waals surface area contributed by atoms with E-state index in [0.29, 0.717) is 16.9 Å². The molecule has 0 saturated carbocycles. The van der Waals surface area contributed by atoms with Crippen molar-refractivity contribution in [3.05, 3.63) is 92.0 Å². The fourth-order valence-corrected chi connectivity index (χ4v) is 4.35. The first-order valence-electron chi connectivity index (χ1n) is 10.7. The van der Waals surface area contributed by atoms with Crippen LogP contribution in [-0.4, -0.2) is 22.4 Å². The highest BCUT2D eigenvalue weighted by Gasteiger charge is 2.22. The Bertz CT molecular complexity index is 1470. The molecule has 4 rings (SSSR count). The van der Waals surface area contributed by atoms with E-state index in [1.54, 1.807) is 36.4 Å². The first kappa shape index (κ1) is 24.7. The van der Waals surface area contributed by atoms with Gasteiger partial charge in [-0.1, -0.05) is 50.1 Å². The van der Waals surface area contributed by atoms with E-state index in [-0.39, 0.29) is 5.69 Å². The Labute approximate surface area is 219 Å². The predicted molar refractivity (Wildman–Crippen MR) is 145 cm³/mol. The zero-order chi connectivity index (χ0) is 25.3. The Balaban J connectivity index is 1.65. The van der Waals surface area contributed by atoms with Gasteiger partial charge in [0.2, 0.25) is 0 Å². The van der Waals surface area contributed by atoms with Crippen LogP contribution in [0.15, 0.2) is 69.6 Å². The molecule has 35 heavy (non-hydrogen) atoms. The van der Waals surface area contributed by atoms with Crippen LogP contribution in [0.1, 0.15) is 27.2 Å². The molecule has 0 radical (unpaired) electrons. The molecule has 0 spiro atoms. The highest BCUT2D eigenvalue weighted by molar-refractivity contribution is 9.10. The summed E-state index contributed by atoms with van der Waals surface area (Å²) in [7, 11) is 0. The molecule has 0 aliphatic rings. The van der Waals surface area contributed by atoms with Crippen LogP contribution in [0.3, 0.4) is 0 Å². The van der Waals surface area contributed by atoms with Gasteiger partial charge in [0.15, 0.2) is 0 Å². The van der Waals surface area contributed by atoms with Crippen molar-refractivity contribution in [2.45, 2.75) is 20.8 Å². The number of carbonyl (C=O) groups is 3. The van der Waals surface area contributed by atoms with Crippen molar-refractivity contribution in [2.24, 2.45) is 0 Å². The summed E-state index contributed by atoms with van der Waals surface area (Å²) in [6.07, 6.45) is 0. The highest BCUT2D eigenvalue weighted by Crippen LogP contribution is 2.26. The van der Waals surface area contributed by atoms with Crippen LogP contribution >= 0.6 is 31.9 Å². The number of fused-ring (bicyclic) bond motifs is 1. The average Bonchev–Trinajstić information content (AvgIpc) is 3.16. The first-order chi connectivity index (χ1) is 16.6. The molecule has 4 aromatic rings. The predicted octanol–water partition coefficient (Wildman–Crippen LogP) is 6.05. The van der Waals surface area contributed by atoms with Gasteiger partial charge in [-0.15, -0.1) is 0 Å². The summed E-state index contributed by atoms with van der Waals surface area (Å²) in [4.78, 5) is 38.8. The van der Waals surface area contributed by atoms with Crippen molar-refractivity contribution in [1.29, 1.82) is 0 Å². The van der Waals surface area contributed by atoms with Crippen molar-refractivity contribution >= 4 is 71.9 Å². The third kappa shape index (κ3) is 5.31. The summed E-state index contributed by atoms with van der Waals surface area (Å²) in [6.45, 7) is 5.70. The van der Waals surface area contributed by atoms with E-state index in [0.717, 1.165) is 31.0 Å². The van der Waals surface area contributed by atoms with Gasteiger partial charge in [-0.3, -0.25) is 19.8 Å². The van der Waals surface area contributed by atoms with Gasteiger partial charge in [0.25, 0.3) is 5.91 Å². The molecular formula is C26H22Br2N4O3. The molecule has 178 valence electrons. The number of para-hydroxylation sites is 1. The number of nitrogens with zero attached hydrogens (tertiary/aromatic N) is 1. The van der Waals surface area contributed by atoms with E-state index in [1.807, 2.05) is 45.0 Å². The number of halogens is 2. The van der Waals surface area contributed by atoms with Crippen molar-refractivity contribution < 1.29 is 14.4 Å². The van der Waals surface area contributed by atoms with E-state index in [9.17, 15) is 14.4 Å². The standard InChI is InChI=1S/C26H22Br2N4O3/c1-14-5-4-6-15(2)23(14)30-24(33)22-13-17-12-18(27)7-10-21(17)32(22)31-26(35)25(34)29-19-8-9-20(28)16(3)11-19/h4-13H,1-3H3,(H,29,34)(H,30,33)(H,31,35). The summed E-state index contributed by atoms with van der Waals surface area (Å²) >= 11 is 6.84. The lowest BCUT2D eigenvalue weighted by Crippen LogP contribution is -2.36. The molecule has 1 aromatic heterocycles. The second-order valence-electron chi connectivity index (χ2n) is 8.15. The summed E-state index contributed by atoms with van der Waals surface area (Å²) in [5.41, 5.74) is 7.25. The van der Waals surface area contributed by atoms with Crippen molar-refractivity contribution in [1.82, 2.24) is 4.68 Å². The van der Waals surface area contributed by atoms with Gasteiger partial charge < -0.3 is 10.6 Å². The summed E-state index contributed by atoms with van der Waals surface area (Å²) in [5, 5.41) is 6.24. The highest BCUT2D eigenvalue weighted by atomic mass is 79.9. The molecule has 0 bridgehead atoms. The minimum Gasteiger partial charge on any atom is -0.320 e. The molecule has 0 saturated heterocycles. The van der Waals surface area contributed by atoms with Crippen molar-refractivity contribution in [2.75, 3.05) is 16.1 Å². The Morgan fingerprint density at radius 1 is 0.771 bits per heavy atom. The molecule has 9 heteroatoms. The van der Waals surface area contributed by atoms with Gasteiger partial charge in [0.1, 0.15) is 5.69 Å². The SMILES string of the molecule is Cc1cc(NC(=O)C(=O)Nn2c(C(=O)Nc3c(C)cccc3C)cc3cc(Br)ccc32)ccc1Br. The minimum atomic E-state index is -0.910. The molecule has 1 heterocycles. The molecule has 0 aliphatic heterocycles. The smallest absolute Gasteiger partial charge is 0.320 e. The number of hydrogen-bond donors (Lipinski definition) is 3. The van der Waals surface area contributed by atoms with E-state index < -0.39 is 17.7 Å². The van der Waals surface area contributed by atoms with Gasteiger partial charge >= 0.3 is 11.8 Å². The molecule has 3 amide bonds. The van der Waals surface area contributed by atoms with Gasteiger partial charge in [-0.25, -0.2) is 4.68 Å². The fourth-order valence-electron chi connectivity index (χ4n) is 3.73. The van der Waals surface area contributed by atoms with E-state index in [2.05, 4.69) is 47.9 Å². The number of anilines is 2.